The summed E-state index contributed by atoms with van der Waals surface area (Å²) in [6.45, 7) is 0. The van der Waals surface area contributed by atoms with Crippen molar-refractivity contribution in [3.63, 3.8) is 0 Å². The van der Waals surface area contributed by atoms with E-state index in [0.717, 1.165) is 0 Å². The van der Waals surface area contributed by atoms with Crippen molar-refractivity contribution in [2.75, 3.05) is 7.11 Å². The van der Waals surface area contributed by atoms with Gasteiger partial charge >= 0.3 is 35.5 Å². The summed E-state index contributed by atoms with van der Waals surface area (Å²) in [5, 5.41) is 10.3. The number of methoxy groups -OCH3 is 1. The number of hydrogen-bond donors (Lipinski definition) is 0. The molecule has 0 bridgehead atoms. The first kappa shape index (κ1) is 10.9. The van der Waals surface area contributed by atoms with Crippen LogP contribution in [0.25, 0.3) is 0 Å². The molecule has 0 aromatic heterocycles. The van der Waals surface area contributed by atoms with Crippen LogP contribution in [-0.2, 0) is 14.3 Å². The molecule has 11 heavy (non-hydrogen) atoms. The van der Waals surface area contributed by atoms with Crippen LogP contribution in [0.15, 0.2) is 0 Å². The van der Waals surface area contributed by atoms with E-state index in [1.807, 2.05) is 0 Å². The molecule has 0 N–H and O–H groups in total. The molecular formula is C6H7NaO4. The van der Waals surface area contributed by atoms with Gasteiger partial charge in [0.15, 0.2) is 0 Å². The minimum absolute atomic E-state index is 0. The molecule has 4 nitrogen and oxygen atoms in total. The summed E-state index contributed by atoms with van der Waals surface area (Å²) in [4.78, 5) is 21.0. The second kappa shape index (κ2) is 3.56. The van der Waals surface area contributed by atoms with Crippen LogP contribution in [0.2, 0.25) is 0 Å². The van der Waals surface area contributed by atoms with Gasteiger partial charge in [0.2, 0.25) is 0 Å². The quantitative estimate of drug-likeness (QED) is 0.236. The van der Waals surface area contributed by atoms with E-state index in [0.29, 0.717) is 12.8 Å². The topological polar surface area (TPSA) is 66.4 Å². The maximum absolute atomic E-state index is 10.7. The molecule has 0 aromatic rings. The molecule has 0 heterocycles. The van der Waals surface area contributed by atoms with Crippen LogP contribution >= 0.6 is 0 Å². The monoisotopic (exact) mass is 166 g/mol. The molecule has 1 fully saturated rings. The smallest absolute Gasteiger partial charge is 0.549 e. The predicted molar refractivity (Wildman–Crippen MR) is 28.7 cm³/mol. The standard InChI is InChI=1S/C6H8O4.Na/c1-10-5(9)6(2-3-6)4(7)8;/h2-3H2,1H3,(H,7,8);/q;+1/p-1. The fourth-order valence-corrected chi connectivity index (χ4v) is 0.812. The number of carbonyl (C=O) groups excluding carboxylic acids is 2. The number of hydrogen-bond acceptors (Lipinski definition) is 4. The van der Waals surface area contributed by atoms with Crippen LogP contribution in [-0.4, -0.2) is 19.0 Å². The zero-order valence-corrected chi connectivity index (χ0v) is 8.55. The Morgan fingerprint density at radius 1 is 1.45 bits per heavy atom. The summed E-state index contributed by atoms with van der Waals surface area (Å²) in [5.74, 6) is -2.01. The Bertz CT molecular complexity index is 185. The van der Waals surface area contributed by atoms with Gasteiger partial charge in [0.05, 0.1) is 13.1 Å². The minimum Gasteiger partial charge on any atom is -0.549 e. The van der Waals surface area contributed by atoms with Gasteiger partial charge in [0.1, 0.15) is 5.41 Å². The first-order chi connectivity index (χ1) is 4.63. The van der Waals surface area contributed by atoms with E-state index >= 15 is 0 Å². The van der Waals surface area contributed by atoms with E-state index in [9.17, 15) is 14.7 Å². The third-order valence-electron chi connectivity index (χ3n) is 1.72. The van der Waals surface area contributed by atoms with Crippen LogP contribution in [0.5, 0.6) is 0 Å². The first-order valence-corrected chi connectivity index (χ1v) is 2.93. The summed E-state index contributed by atoms with van der Waals surface area (Å²) >= 11 is 0. The van der Waals surface area contributed by atoms with Gasteiger partial charge in [-0.05, 0) is 12.8 Å². The van der Waals surface area contributed by atoms with Gasteiger partial charge < -0.3 is 14.6 Å². The predicted octanol–water partition coefficient (Wildman–Crippen LogP) is -4.31. The van der Waals surface area contributed by atoms with Crippen LogP contribution in [0.3, 0.4) is 0 Å². The van der Waals surface area contributed by atoms with Gasteiger partial charge in [0.25, 0.3) is 0 Å². The van der Waals surface area contributed by atoms with Crippen molar-refractivity contribution in [1.82, 2.24) is 0 Å². The number of carboxylic acid groups (broad SMARTS) is 1. The molecule has 1 rings (SSSR count). The maximum Gasteiger partial charge on any atom is 1.00 e. The first-order valence-electron chi connectivity index (χ1n) is 2.93. The molecule has 56 valence electrons. The third-order valence-corrected chi connectivity index (χ3v) is 1.72. The van der Waals surface area contributed by atoms with Gasteiger partial charge in [-0.1, -0.05) is 0 Å². The van der Waals surface area contributed by atoms with Gasteiger partial charge in [-0.15, -0.1) is 0 Å². The second-order valence-corrected chi connectivity index (χ2v) is 2.36. The molecule has 0 aliphatic heterocycles. The fraction of sp³-hybridized carbons (Fsp3) is 0.667. The van der Waals surface area contributed by atoms with Crippen LogP contribution in [0, 0.1) is 5.41 Å². The van der Waals surface area contributed by atoms with E-state index in [2.05, 4.69) is 4.74 Å². The van der Waals surface area contributed by atoms with E-state index in [1.54, 1.807) is 0 Å². The van der Waals surface area contributed by atoms with Crippen molar-refractivity contribution in [2.45, 2.75) is 12.8 Å². The van der Waals surface area contributed by atoms with E-state index < -0.39 is 17.4 Å². The maximum atomic E-state index is 10.7. The molecule has 0 radical (unpaired) electrons. The number of rotatable bonds is 2. The Balaban J connectivity index is 0.000001000. The fourth-order valence-electron chi connectivity index (χ4n) is 0.812. The normalized spacial score (nSPS) is 17.9. The van der Waals surface area contributed by atoms with Crippen molar-refractivity contribution in [2.24, 2.45) is 5.41 Å². The van der Waals surface area contributed by atoms with Crippen molar-refractivity contribution in [3.8, 4) is 0 Å². The zero-order valence-electron chi connectivity index (χ0n) is 6.55. The number of ether oxygens (including phenoxy) is 1. The van der Waals surface area contributed by atoms with Crippen molar-refractivity contribution in [1.29, 1.82) is 0 Å². The van der Waals surface area contributed by atoms with Gasteiger partial charge in [-0.25, -0.2) is 0 Å². The zero-order chi connectivity index (χ0) is 7.78. The summed E-state index contributed by atoms with van der Waals surface area (Å²) in [6, 6.07) is 0. The van der Waals surface area contributed by atoms with Gasteiger partial charge in [-0.2, -0.15) is 0 Å². The molecule has 0 atom stereocenters. The molecule has 5 heteroatoms. The Labute approximate surface area is 86.2 Å². The molecular weight excluding hydrogens is 159 g/mol. The SMILES string of the molecule is COC(=O)C1(C(=O)[O-])CC1.[Na+]. The van der Waals surface area contributed by atoms with E-state index in [4.69, 9.17) is 0 Å². The summed E-state index contributed by atoms with van der Waals surface area (Å²) in [7, 11) is 1.17. The minimum atomic E-state index is -1.32. The number of carbonyl (C=O) groups is 2. The van der Waals surface area contributed by atoms with Crippen LogP contribution in [0.4, 0.5) is 0 Å². The molecule has 0 amide bonds. The number of carboxylic acids is 1. The van der Waals surface area contributed by atoms with Crippen molar-refractivity contribution >= 4 is 11.9 Å². The molecule has 1 saturated carbocycles. The number of esters is 1. The third kappa shape index (κ3) is 1.75. The number of aliphatic carboxylic acids is 1. The molecule has 0 unspecified atom stereocenters. The van der Waals surface area contributed by atoms with Crippen molar-refractivity contribution < 1.29 is 49.0 Å². The Morgan fingerprint density at radius 2 is 1.91 bits per heavy atom. The summed E-state index contributed by atoms with van der Waals surface area (Å²) in [6.07, 6.45) is 0.698. The van der Waals surface area contributed by atoms with Gasteiger partial charge in [0, 0.05) is 0 Å². The molecule has 0 aromatic carbocycles. The Kier molecular flexibility index (Phi) is 3.54. The average molecular weight is 166 g/mol. The molecule has 1 aliphatic rings. The van der Waals surface area contributed by atoms with E-state index in [-0.39, 0.29) is 29.6 Å². The Hall–Kier alpha value is -0.0600. The summed E-state index contributed by atoms with van der Waals surface area (Å²) < 4.78 is 4.28. The Morgan fingerprint density at radius 3 is 2.00 bits per heavy atom. The van der Waals surface area contributed by atoms with Crippen LogP contribution in [0.1, 0.15) is 12.8 Å². The second-order valence-electron chi connectivity index (χ2n) is 2.36. The molecule has 0 spiro atoms. The van der Waals surface area contributed by atoms with E-state index in [1.165, 1.54) is 7.11 Å². The molecule has 0 saturated heterocycles. The summed E-state index contributed by atoms with van der Waals surface area (Å²) in [5.41, 5.74) is -1.30. The molecule has 1 aliphatic carbocycles. The van der Waals surface area contributed by atoms with Crippen LogP contribution < -0.4 is 34.7 Å². The largest absolute Gasteiger partial charge is 1.00 e. The average Bonchev–Trinajstić information content (AvgIpc) is 2.65. The van der Waals surface area contributed by atoms with Crippen molar-refractivity contribution in [3.05, 3.63) is 0 Å². The van der Waals surface area contributed by atoms with Gasteiger partial charge in [-0.3, -0.25) is 4.79 Å².